The van der Waals surface area contributed by atoms with Gasteiger partial charge >= 0.3 is 0 Å². The Labute approximate surface area is 226 Å². The van der Waals surface area contributed by atoms with Crippen LogP contribution in [0, 0.1) is 0 Å². The van der Waals surface area contributed by atoms with Gasteiger partial charge in [-0.2, -0.15) is 0 Å². The summed E-state index contributed by atoms with van der Waals surface area (Å²) in [5.41, 5.74) is 5.06. The van der Waals surface area contributed by atoms with Gasteiger partial charge in [0.15, 0.2) is 6.39 Å². The van der Waals surface area contributed by atoms with E-state index < -0.39 is 0 Å². The number of rotatable bonds is 11. The van der Waals surface area contributed by atoms with E-state index in [1.165, 1.54) is 6.39 Å². The summed E-state index contributed by atoms with van der Waals surface area (Å²) in [4.78, 5) is 34.5. The number of nitrogens with one attached hydrogen (secondary N) is 3. The smallest absolute Gasteiger partial charge is 0.251 e. The predicted octanol–water partition coefficient (Wildman–Crippen LogP) is 5.04. The molecule has 0 bridgehead atoms. The Balaban J connectivity index is 1.31. The van der Waals surface area contributed by atoms with Crippen molar-refractivity contribution in [3.05, 3.63) is 90.7 Å². The molecule has 4 heterocycles. The van der Waals surface area contributed by atoms with Crippen LogP contribution in [0.1, 0.15) is 47.3 Å². The number of hydrogen-bond acceptors (Lipinski definition) is 9. The van der Waals surface area contributed by atoms with E-state index in [1.807, 2.05) is 30.3 Å². The number of benzene rings is 1. The fourth-order valence-corrected chi connectivity index (χ4v) is 4.57. The minimum Gasteiger partial charge on any atom is -0.451 e. The van der Waals surface area contributed by atoms with E-state index in [0.717, 1.165) is 57.9 Å². The maximum absolute atomic E-state index is 12.4. The Bertz CT molecular complexity index is 1540. The summed E-state index contributed by atoms with van der Waals surface area (Å²) in [6.45, 7) is 3.36. The van der Waals surface area contributed by atoms with E-state index >= 15 is 0 Å². The van der Waals surface area contributed by atoms with E-state index in [-0.39, 0.29) is 11.8 Å². The third-order valence-corrected chi connectivity index (χ3v) is 6.54. The number of oxazole rings is 1. The lowest BCUT2D eigenvalue weighted by molar-refractivity contribution is 0.0964. The van der Waals surface area contributed by atoms with Crippen LogP contribution < -0.4 is 16.0 Å². The number of nitrogens with zero attached hydrogens (tertiary/aromatic N) is 5. The zero-order chi connectivity index (χ0) is 27.0. The lowest BCUT2D eigenvalue weighted by atomic mass is 9.91. The SMILES string of the molecule is CCCC(CNc1cc(-c2ccc(NCc3cocn3)nc2)ncn1)c1cccc2c(C(=O)NC)ccnc12. The van der Waals surface area contributed by atoms with Crippen LogP contribution >= 0.6 is 0 Å². The molecule has 0 aliphatic rings. The highest BCUT2D eigenvalue weighted by atomic mass is 16.3. The summed E-state index contributed by atoms with van der Waals surface area (Å²) in [6.07, 6.45) is 10.0. The highest BCUT2D eigenvalue weighted by Crippen LogP contribution is 2.30. The van der Waals surface area contributed by atoms with E-state index in [0.29, 0.717) is 18.7 Å². The summed E-state index contributed by atoms with van der Waals surface area (Å²) in [5.74, 6) is 1.53. The molecule has 10 heteroatoms. The molecule has 0 radical (unpaired) electrons. The molecule has 3 N–H and O–H groups in total. The predicted molar refractivity (Wildman–Crippen MR) is 150 cm³/mol. The molecule has 10 nitrogen and oxygen atoms in total. The Morgan fingerprint density at radius 2 is 1.92 bits per heavy atom. The Morgan fingerprint density at radius 3 is 2.69 bits per heavy atom. The zero-order valence-corrected chi connectivity index (χ0v) is 21.9. The lowest BCUT2D eigenvalue weighted by Crippen LogP contribution is -2.19. The van der Waals surface area contributed by atoms with Crippen LogP contribution in [0.5, 0.6) is 0 Å². The number of amides is 1. The number of fused-ring (bicyclic) bond motifs is 1. The molecule has 0 aliphatic heterocycles. The van der Waals surface area contributed by atoms with Gasteiger partial charge in [0.05, 0.1) is 29.0 Å². The zero-order valence-electron chi connectivity index (χ0n) is 21.9. The highest BCUT2D eigenvalue weighted by molar-refractivity contribution is 6.06. The van der Waals surface area contributed by atoms with Crippen molar-refractivity contribution in [2.24, 2.45) is 0 Å². The van der Waals surface area contributed by atoms with Crippen molar-refractivity contribution >= 4 is 28.4 Å². The molecule has 4 aromatic heterocycles. The summed E-state index contributed by atoms with van der Waals surface area (Å²) >= 11 is 0. The van der Waals surface area contributed by atoms with Crippen molar-refractivity contribution in [3.8, 4) is 11.3 Å². The lowest BCUT2D eigenvalue weighted by Gasteiger charge is -2.20. The Hall–Kier alpha value is -4.86. The second-order valence-electron chi connectivity index (χ2n) is 9.10. The number of hydrogen-bond donors (Lipinski definition) is 3. The van der Waals surface area contributed by atoms with E-state index in [1.54, 1.807) is 38.1 Å². The molecule has 39 heavy (non-hydrogen) atoms. The van der Waals surface area contributed by atoms with Gasteiger partial charge in [0.2, 0.25) is 0 Å². The van der Waals surface area contributed by atoms with Gasteiger partial charge in [-0.25, -0.2) is 19.9 Å². The quantitative estimate of drug-likeness (QED) is 0.218. The normalized spacial score (nSPS) is 11.7. The number of aromatic nitrogens is 5. The average molecular weight is 523 g/mol. The molecule has 0 spiro atoms. The Kier molecular flexibility index (Phi) is 8.01. The summed E-state index contributed by atoms with van der Waals surface area (Å²) in [6, 6.07) is 13.6. The third-order valence-electron chi connectivity index (χ3n) is 6.54. The summed E-state index contributed by atoms with van der Waals surface area (Å²) < 4.78 is 4.99. The maximum Gasteiger partial charge on any atom is 0.251 e. The van der Waals surface area contributed by atoms with Crippen LogP contribution in [-0.4, -0.2) is 44.4 Å². The van der Waals surface area contributed by atoms with Crippen LogP contribution in [0.4, 0.5) is 11.6 Å². The molecule has 198 valence electrons. The molecule has 0 saturated heterocycles. The number of pyridine rings is 2. The second-order valence-corrected chi connectivity index (χ2v) is 9.10. The van der Waals surface area contributed by atoms with Crippen molar-refractivity contribution in [2.75, 3.05) is 24.2 Å². The maximum atomic E-state index is 12.4. The van der Waals surface area contributed by atoms with Crippen molar-refractivity contribution in [3.63, 3.8) is 0 Å². The van der Waals surface area contributed by atoms with Gasteiger partial charge in [0.25, 0.3) is 5.91 Å². The number of para-hydroxylation sites is 1. The van der Waals surface area contributed by atoms with Crippen LogP contribution in [0.3, 0.4) is 0 Å². The standard InChI is InChI=1S/C29H30N8O2/c1-3-5-19(22-6-4-7-23-24(29(38)30-2)10-11-31-28(22)23)13-33-27-12-25(35-17-36-27)20-8-9-26(32-14-20)34-15-21-16-39-18-37-21/h4,6-12,14,16-19H,3,5,13,15H2,1-2H3,(H,30,38)(H,32,34)(H,33,35,36). The van der Waals surface area contributed by atoms with E-state index in [4.69, 9.17) is 4.42 Å². The first kappa shape index (κ1) is 25.8. The summed E-state index contributed by atoms with van der Waals surface area (Å²) in [5, 5.41) is 10.3. The molecule has 1 atom stereocenters. The Morgan fingerprint density at radius 1 is 1.00 bits per heavy atom. The van der Waals surface area contributed by atoms with Crippen molar-refractivity contribution in [1.82, 2.24) is 30.2 Å². The van der Waals surface area contributed by atoms with Crippen molar-refractivity contribution in [2.45, 2.75) is 32.2 Å². The minimum absolute atomic E-state index is 0.119. The first-order valence-electron chi connectivity index (χ1n) is 12.9. The fraction of sp³-hybridized carbons (Fsp3) is 0.241. The third kappa shape index (κ3) is 6.01. The van der Waals surface area contributed by atoms with Gasteiger partial charge in [0, 0.05) is 48.9 Å². The van der Waals surface area contributed by atoms with Crippen molar-refractivity contribution < 1.29 is 9.21 Å². The van der Waals surface area contributed by atoms with Gasteiger partial charge in [0.1, 0.15) is 24.2 Å². The van der Waals surface area contributed by atoms with Gasteiger partial charge in [-0.3, -0.25) is 9.78 Å². The topological polar surface area (TPSA) is 131 Å². The van der Waals surface area contributed by atoms with Gasteiger partial charge in [-0.1, -0.05) is 31.5 Å². The summed E-state index contributed by atoms with van der Waals surface area (Å²) in [7, 11) is 1.64. The first-order chi connectivity index (χ1) is 19.2. The first-order valence-corrected chi connectivity index (χ1v) is 12.9. The molecule has 1 unspecified atom stereocenters. The minimum atomic E-state index is -0.119. The molecule has 5 rings (SSSR count). The molecule has 1 aromatic carbocycles. The number of anilines is 2. The van der Waals surface area contributed by atoms with Gasteiger partial charge in [-0.15, -0.1) is 0 Å². The molecule has 0 aliphatic carbocycles. The average Bonchev–Trinajstić information content (AvgIpc) is 3.51. The molecule has 1 amide bonds. The van der Waals surface area contributed by atoms with Crippen LogP contribution in [-0.2, 0) is 6.54 Å². The van der Waals surface area contributed by atoms with E-state index in [2.05, 4.69) is 53.9 Å². The number of carbonyl (C=O) groups excluding carboxylic acids is 1. The van der Waals surface area contributed by atoms with Gasteiger partial charge < -0.3 is 20.4 Å². The van der Waals surface area contributed by atoms with Crippen LogP contribution in [0.15, 0.2) is 78.3 Å². The molecule has 0 saturated carbocycles. The second kappa shape index (κ2) is 12.1. The highest BCUT2D eigenvalue weighted by Gasteiger charge is 2.18. The van der Waals surface area contributed by atoms with E-state index in [9.17, 15) is 4.79 Å². The van der Waals surface area contributed by atoms with Crippen LogP contribution in [0.25, 0.3) is 22.2 Å². The molecular formula is C29H30N8O2. The fourth-order valence-electron chi connectivity index (χ4n) is 4.57. The number of carbonyl (C=O) groups is 1. The molecule has 0 fully saturated rings. The largest absolute Gasteiger partial charge is 0.451 e. The van der Waals surface area contributed by atoms with Crippen molar-refractivity contribution in [1.29, 1.82) is 0 Å². The molecular weight excluding hydrogens is 492 g/mol. The molecule has 5 aromatic rings. The van der Waals surface area contributed by atoms with Crippen LogP contribution in [0.2, 0.25) is 0 Å². The monoisotopic (exact) mass is 522 g/mol. The van der Waals surface area contributed by atoms with Gasteiger partial charge in [-0.05, 0) is 30.2 Å².